The van der Waals surface area contributed by atoms with Crippen molar-refractivity contribution in [2.75, 3.05) is 19.7 Å². The van der Waals surface area contributed by atoms with E-state index in [2.05, 4.69) is 17.4 Å². The summed E-state index contributed by atoms with van der Waals surface area (Å²) in [6.45, 7) is 2.29. The number of halogens is 1. The van der Waals surface area contributed by atoms with Crippen molar-refractivity contribution < 1.29 is 13.9 Å². The van der Waals surface area contributed by atoms with Gasteiger partial charge in [-0.3, -0.25) is 0 Å². The van der Waals surface area contributed by atoms with E-state index in [4.69, 9.17) is 9.47 Å². The van der Waals surface area contributed by atoms with Crippen molar-refractivity contribution in [3.63, 3.8) is 0 Å². The fraction of sp³-hybridized carbons (Fsp3) is 0.400. The van der Waals surface area contributed by atoms with Crippen LogP contribution in [0.3, 0.4) is 0 Å². The summed E-state index contributed by atoms with van der Waals surface area (Å²) >= 11 is 0. The second kappa shape index (κ2) is 6.91. The molecule has 1 aliphatic carbocycles. The highest BCUT2D eigenvalue weighted by Gasteiger charge is 2.31. The maximum Gasteiger partial charge on any atom is 0.151 e. The Morgan fingerprint density at radius 1 is 1.12 bits per heavy atom. The summed E-state index contributed by atoms with van der Waals surface area (Å²) in [5.41, 5.74) is 2.07. The van der Waals surface area contributed by atoms with Gasteiger partial charge < -0.3 is 14.8 Å². The summed E-state index contributed by atoms with van der Waals surface area (Å²) in [5, 5.41) is 3.36. The zero-order valence-corrected chi connectivity index (χ0v) is 13.6. The average Bonchev–Trinajstić information content (AvgIpc) is 3.47. The molecule has 0 amide bonds. The molecule has 1 N–H and O–H groups in total. The van der Waals surface area contributed by atoms with Crippen LogP contribution >= 0.6 is 0 Å². The number of hydrogen-bond acceptors (Lipinski definition) is 3. The summed E-state index contributed by atoms with van der Waals surface area (Å²) in [5.74, 6) is 1.01. The second-order valence-electron chi connectivity index (χ2n) is 6.52. The van der Waals surface area contributed by atoms with E-state index in [9.17, 15) is 4.39 Å². The number of benzene rings is 2. The molecule has 1 unspecified atom stereocenters. The lowest BCUT2D eigenvalue weighted by Gasteiger charge is -2.32. The summed E-state index contributed by atoms with van der Waals surface area (Å²) in [6, 6.07) is 15.0. The first-order valence-corrected chi connectivity index (χ1v) is 8.64. The summed E-state index contributed by atoms with van der Waals surface area (Å²) in [7, 11) is 0. The lowest BCUT2D eigenvalue weighted by atomic mass is 10.0. The van der Waals surface area contributed by atoms with Crippen LogP contribution in [0.25, 0.3) is 0 Å². The van der Waals surface area contributed by atoms with Gasteiger partial charge in [0.15, 0.2) is 6.10 Å². The van der Waals surface area contributed by atoms with Crippen LogP contribution < -0.4 is 10.1 Å². The topological polar surface area (TPSA) is 30.5 Å². The molecule has 0 spiro atoms. The van der Waals surface area contributed by atoms with Gasteiger partial charge in [-0.1, -0.05) is 30.3 Å². The Morgan fingerprint density at radius 3 is 2.67 bits per heavy atom. The highest BCUT2D eigenvalue weighted by molar-refractivity contribution is 5.40. The van der Waals surface area contributed by atoms with Crippen LogP contribution in [0.4, 0.5) is 4.39 Å². The molecule has 126 valence electrons. The third-order valence-electron chi connectivity index (χ3n) is 4.67. The quantitative estimate of drug-likeness (QED) is 0.906. The van der Waals surface area contributed by atoms with Gasteiger partial charge in [0.2, 0.25) is 0 Å². The van der Waals surface area contributed by atoms with Crippen LogP contribution in [0.15, 0.2) is 48.5 Å². The first kappa shape index (κ1) is 15.6. The van der Waals surface area contributed by atoms with Crippen LogP contribution in [0, 0.1) is 5.82 Å². The summed E-state index contributed by atoms with van der Waals surface area (Å²) in [6.07, 6.45) is 1.95. The Kier molecular flexibility index (Phi) is 4.50. The standard InChI is InChI=1S/C20H22FNO2/c21-16-8-9-18(17(12-16)14-6-7-14)24-20(15-4-2-1-3-5-15)19-13-22-10-11-23-19/h1-5,8-9,12,14,19-20,22H,6-7,10-11,13H2/t19-,20?/m0/s1. The molecule has 4 heteroatoms. The van der Waals surface area contributed by atoms with E-state index in [0.717, 1.165) is 42.8 Å². The van der Waals surface area contributed by atoms with E-state index in [-0.39, 0.29) is 18.0 Å². The molecule has 1 saturated carbocycles. The van der Waals surface area contributed by atoms with Crippen molar-refractivity contribution in [2.24, 2.45) is 0 Å². The highest BCUT2D eigenvalue weighted by Crippen LogP contribution is 2.45. The smallest absolute Gasteiger partial charge is 0.151 e. The Bertz CT molecular complexity index is 681. The number of morpholine rings is 1. The van der Waals surface area contributed by atoms with Crippen molar-refractivity contribution in [3.8, 4) is 5.75 Å². The second-order valence-corrected chi connectivity index (χ2v) is 6.52. The van der Waals surface area contributed by atoms with Crippen LogP contribution in [0.5, 0.6) is 5.75 Å². The highest BCUT2D eigenvalue weighted by atomic mass is 19.1. The van der Waals surface area contributed by atoms with Crippen LogP contribution in [0.2, 0.25) is 0 Å². The Labute approximate surface area is 141 Å². The number of nitrogens with one attached hydrogen (secondary N) is 1. The minimum absolute atomic E-state index is 0.0572. The van der Waals surface area contributed by atoms with Crippen LogP contribution in [-0.2, 0) is 4.74 Å². The average molecular weight is 327 g/mol. The molecule has 24 heavy (non-hydrogen) atoms. The molecule has 3 nitrogen and oxygen atoms in total. The normalized spacial score (nSPS) is 22.1. The first-order chi connectivity index (χ1) is 11.8. The fourth-order valence-electron chi connectivity index (χ4n) is 3.26. The third kappa shape index (κ3) is 3.45. The minimum atomic E-state index is -0.207. The van der Waals surface area contributed by atoms with Crippen molar-refractivity contribution >= 4 is 0 Å². The molecule has 1 heterocycles. The van der Waals surface area contributed by atoms with Crippen molar-refractivity contribution in [1.29, 1.82) is 0 Å². The van der Waals surface area contributed by atoms with E-state index >= 15 is 0 Å². The van der Waals surface area contributed by atoms with Crippen LogP contribution in [0.1, 0.15) is 36.0 Å². The Hall–Kier alpha value is -1.91. The molecule has 2 aromatic carbocycles. The van der Waals surface area contributed by atoms with E-state index in [1.165, 1.54) is 6.07 Å². The predicted octanol–water partition coefficient (Wildman–Crippen LogP) is 3.81. The lowest BCUT2D eigenvalue weighted by molar-refractivity contribution is -0.0435. The Balaban J connectivity index is 1.64. The van der Waals surface area contributed by atoms with Crippen molar-refractivity contribution in [2.45, 2.75) is 31.0 Å². The maximum atomic E-state index is 13.7. The molecule has 0 bridgehead atoms. The zero-order chi connectivity index (χ0) is 16.4. The lowest BCUT2D eigenvalue weighted by Crippen LogP contribution is -2.43. The van der Waals surface area contributed by atoms with Gasteiger partial charge in [-0.25, -0.2) is 4.39 Å². The monoisotopic (exact) mass is 327 g/mol. The van der Waals surface area contributed by atoms with Gasteiger partial charge >= 0.3 is 0 Å². The van der Waals surface area contributed by atoms with Gasteiger partial charge in [0, 0.05) is 18.7 Å². The third-order valence-corrected chi connectivity index (χ3v) is 4.67. The molecule has 0 aromatic heterocycles. The van der Waals surface area contributed by atoms with Crippen molar-refractivity contribution in [3.05, 3.63) is 65.5 Å². The molecule has 2 aromatic rings. The Morgan fingerprint density at radius 2 is 1.96 bits per heavy atom. The van der Waals surface area contributed by atoms with E-state index in [0.29, 0.717) is 12.5 Å². The summed E-state index contributed by atoms with van der Waals surface area (Å²) < 4.78 is 26.0. The van der Waals surface area contributed by atoms with Crippen LogP contribution in [-0.4, -0.2) is 25.8 Å². The SMILES string of the molecule is Fc1ccc(OC(c2ccccc2)[C@@H]2CNCCO2)c(C2CC2)c1. The molecule has 0 radical (unpaired) electrons. The first-order valence-electron chi connectivity index (χ1n) is 8.64. The molecular weight excluding hydrogens is 305 g/mol. The van der Waals surface area contributed by atoms with E-state index in [1.807, 2.05) is 18.2 Å². The number of hydrogen-bond donors (Lipinski definition) is 1. The molecule has 1 aliphatic heterocycles. The van der Waals surface area contributed by atoms with Gasteiger partial charge in [-0.15, -0.1) is 0 Å². The van der Waals surface area contributed by atoms with Gasteiger partial charge in [-0.2, -0.15) is 0 Å². The fourth-order valence-corrected chi connectivity index (χ4v) is 3.26. The number of rotatable bonds is 5. The van der Waals surface area contributed by atoms with Gasteiger partial charge in [0.05, 0.1) is 6.61 Å². The van der Waals surface area contributed by atoms with Gasteiger partial charge in [0.1, 0.15) is 17.7 Å². The minimum Gasteiger partial charge on any atom is -0.483 e. The summed E-state index contributed by atoms with van der Waals surface area (Å²) in [4.78, 5) is 0. The predicted molar refractivity (Wildman–Crippen MR) is 90.8 cm³/mol. The van der Waals surface area contributed by atoms with Crippen molar-refractivity contribution in [1.82, 2.24) is 5.32 Å². The molecule has 1 saturated heterocycles. The van der Waals surface area contributed by atoms with E-state index < -0.39 is 0 Å². The molecule has 2 fully saturated rings. The van der Waals surface area contributed by atoms with Gasteiger partial charge in [-0.05, 0) is 42.5 Å². The maximum absolute atomic E-state index is 13.7. The molecule has 2 aliphatic rings. The van der Waals surface area contributed by atoms with Gasteiger partial charge in [0.25, 0.3) is 0 Å². The number of ether oxygens (including phenoxy) is 2. The zero-order valence-electron chi connectivity index (χ0n) is 13.6. The molecular formula is C20H22FNO2. The molecule has 2 atom stereocenters. The van der Waals surface area contributed by atoms with E-state index in [1.54, 1.807) is 12.1 Å². The molecule has 4 rings (SSSR count). The largest absolute Gasteiger partial charge is 0.483 e.